The number of hydrogen-bond donors (Lipinski definition) is 1. The van der Waals surface area contributed by atoms with E-state index in [1.54, 1.807) is 11.6 Å². The fourth-order valence-electron chi connectivity index (χ4n) is 2.35. The predicted molar refractivity (Wildman–Crippen MR) is 81.7 cm³/mol. The minimum absolute atomic E-state index is 0.00972. The van der Waals surface area contributed by atoms with Crippen molar-refractivity contribution < 1.29 is 9.72 Å². The van der Waals surface area contributed by atoms with Crippen LogP contribution in [0.15, 0.2) is 18.2 Å². The first kappa shape index (κ1) is 15.7. The van der Waals surface area contributed by atoms with E-state index in [1.807, 2.05) is 20.9 Å². The standard InChI is InChI=1S/C15H18N4O3/c1-9-7-12(5-6-14(9)19(21)22)15(20)16-8-13-10(2)17-18(4)11(13)3/h5-7H,8H2,1-4H3,(H,16,20). The second kappa shape index (κ2) is 5.97. The Morgan fingerprint density at radius 3 is 2.55 bits per heavy atom. The van der Waals surface area contributed by atoms with Crippen molar-refractivity contribution in [2.75, 3.05) is 0 Å². The van der Waals surface area contributed by atoms with Gasteiger partial charge in [0.2, 0.25) is 0 Å². The molecule has 0 fully saturated rings. The van der Waals surface area contributed by atoms with E-state index in [0.717, 1.165) is 17.0 Å². The number of hydrogen-bond acceptors (Lipinski definition) is 4. The SMILES string of the molecule is Cc1cc(C(=O)NCc2c(C)nn(C)c2C)ccc1[N+](=O)[O-]. The van der Waals surface area contributed by atoms with Gasteiger partial charge in [-0.15, -0.1) is 0 Å². The Bertz CT molecular complexity index is 749. The first-order chi connectivity index (χ1) is 10.3. The molecule has 0 saturated heterocycles. The summed E-state index contributed by atoms with van der Waals surface area (Å²) in [7, 11) is 1.85. The molecular formula is C15H18N4O3. The van der Waals surface area contributed by atoms with Crippen molar-refractivity contribution in [1.82, 2.24) is 15.1 Å². The van der Waals surface area contributed by atoms with E-state index in [9.17, 15) is 14.9 Å². The van der Waals surface area contributed by atoms with Crippen molar-refractivity contribution in [1.29, 1.82) is 0 Å². The second-order valence-electron chi connectivity index (χ2n) is 5.21. The molecule has 1 amide bonds. The monoisotopic (exact) mass is 302 g/mol. The lowest BCUT2D eigenvalue weighted by Gasteiger charge is -2.07. The number of amides is 1. The third-order valence-corrected chi connectivity index (χ3v) is 3.74. The Hall–Kier alpha value is -2.70. The van der Waals surface area contributed by atoms with Gasteiger partial charge in [0.1, 0.15) is 0 Å². The molecule has 7 nitrogen and oxygen atoms in total. The van der Waals surface area contributed by atoms with Gasteiger partial charge in [0.15, 0.2) is 0 Å². The van der Waals surface area contributed by atoms with Crippen LogP contribution in [0.4, 0.5) is 5.69 Å². The van der Waals surface area contributed by atoms with Crippen molar-refractivity contribution in [2.45, 2.75) is 27.3 Å². The van der Waals surface area contributed by atoms with E-state index in [4.69, 9.17) is 0 Å². The number of carbonyl (C=O) groups excluding carboxylic acids is 1. The number of nitro benzene ring substituents is 1. The van der Waals surface area contributed by atoms with Gasteiger partial charge < -0.3 is 5.32 Å². The van der Waals surface area contributed by atoms with E-state index >= 15 is 0 Å². The molecule has 0 unspecified atom stereocenters. The molecule has 2 rings (SSSR count). The van der Waals surface area contributed by atoms with Crippen LogP contribution in [0.2, 0.25) is 0 Å². The summed E-state index contributed by atoms with van der Waals surface area (Å²) in [5, 5.41) is 17.9. The molecule has 7 heteroatoms. The average molecular weight is 302 g/mol. The molecule has 0 radical (unpaired) electrons. The summed E-state index contributed by atoms with van der Waals surface area (Å²) < 4.78 is 1.77. The van der Waals surface area contributed by atoms with Gasteiger partial charge in [-0.2, -0.15) is 5.10 Å². The highest BCUT2D eigenvalue weighted by molar-refractivity contribution is 5.94. The van der Waals surface area contributed by atoms with Gasteiger partial charge in [-0.05, 0) is 32.9 Å². The van der Waals surface area contributed by atoms with Crippen molar-refractivity contribution in [3.63, 3.8) is 0 Å². The molecule has 0 aliphatic heterocycles. The maximum Gasteiger partial charge on any atom is 0.272 e. The number of nitrogens with one attached hydrogen (secondary N) is 1. The lowest BCUT2D eigenvalue weighted by atomic mass is 10.1. The van der Waals surface area contributed by atoms with Gasteiger partial charge in [0, 0.05) is 42.0 Å². The van der Waals surface area contributed by atoms with Gasteiger partial charge in [-0.1, -0.05) is 0 Å². The van der Waals surface area contributed by atoms with Crippen LogP contribution in [0, 0.1) is 30.9 Å². The Morgan fingerprint density at radius 1 is 1.36 bits per heavy atom. The Kier molecular flexibility index (Phi) is 4.25. The Morgan fingerprint density at radius 2 is 2.05 bits per heavy atom. The predicted octanol–water partition coefficient (Wildman–Crippen LogP) is 2.18. The molecule has 2 aromatic rings. The number of benzene rings is 1. The molecule has 1 N–H and O–H groups in total. The van der Waals surface area contributed by atoms with Gasteiger partial charge in [-0.3, -0.25) is 19.6 Å². The molecule has 116 valence electrons. The van der Waals surface area contributed by atoms with Crippen LogP contribution >= 0.6 is 0 Å². The maximum absolute atomic E-state index is 12.2. The third kappa shape index (κ3) is 2.98. The van der Waals surface area contributed by atoms with Gasteiger partial charge in [0.05, 0.1) is 10.6 Å². The number of aromatic nitrogens is 2. The molecule has 1 aromatic heterocycles. The van der Waals surface area contributed by atoms with Gasteiger partial charge >= 0.3 is 0 Å². The van der Waals surface area contributed by atoms with Crippen LogP contribution in [0.3, 0.4) is 0 Å². The summed E-state index contributed by atoms with van der Waals surface area (Å²) in [4.78, 5) is 22.5. The van der Waals surface area contributed by atoms with E-state index in [-0.39, 0.29) is 11.6 Å². The highest BCUT2D eigenvalue weighted by atomic mass is 16.6. The van der Waals surface area contributed by atoms with Crippen molar-refractivity contribution in [3.8, 4) is 0 Å². The lowest BCUT2D eigenvalue weighted by molar-refractivity contribution is -0.385. The summed E-state index contributed by atoms with van der Waals surface area (Å²) >= 11 is 0. The van der Waals surface area contributed by atoms with E-state index in [0.29, 0.717) is 17.7 Å². The van der Waals surface area contributed by atoms with Crippen LogP contribution in [0.1, 0.15) is 32.9 Å². The molecule has 0 aliphatic carbocycles. The normalized spacial score (nSPS) is 10.5. The van der Waals surface area contributed by atoms with Crippen LogP contribution in [-0.4, -0.2) is 20.6 Å². The Labute approximate surface area is 128 Å². The van der Waals surface area contributed by atoms with Crippen molar-refractivity contribution in [2.24, 2.45) is 7.05 Å². The number of nitro groups is 1. The number of aryl methyl sites for hydroxylation is 3. The van der Waals surface area contributed by atoms with Crippen LogP contribution < -0.4 is 5.32 Å². The molecular weight excluding hydrogens is 284 g/mol. The first-order valence-electron chi connectivity index (χ1n) is 6.83. The molecule has 22 heavy (non-hydrogen) atoms. The molecule has 0 saturated carbocycles. The number of carbonyl (C=O) groups is 1. The fraction of sp³-hybridized carbons (Fsp3) is 0.333. The number of rotatable bonds is 4. The zero-order valence-corrected chi connectivity index (χ0v) is 13.0. The van der Waals surface area contributed by atoms with E-state index in [2.05, 4.69) is 10.4 Å². The molecule has 1 aromatic carbocycles. The van der Waals surface area contributed by atoms with Crippen molar-refractivity contribution in [3.05, 3.63) is 56.4 Å². The maximum atomic E-state index is 12.2. The minimum Gasteiger partial charge on any atom is -0.348 e. The smallest absolute Gasteiger partial charge is 0.272 e. The summed E-state index contributed by atoms with van der Waals surface area (Å²) in [6.07, 6.45) is 0. The van der Waals surface area contributed by atoms with Gasteiger partial charge in [0.25, 0.3) is 11.6 Å². The van der Waals surface area contributed by atoms with Crippen molar-refractivity contribution >= 4 is 11.6 Å². The van der Waals surface area contributed by atoms with Crippen LogP contribution in [0.25, 0.3) is 0 Å². The summed E-state index contributed by atoms with van der Waals surface area (Å²) in [5.74, 6) is -0.263. The fourth-order valence-corrected chi connectivity index (χ4v) is 2.35. The quantitative estimate of drug-likeness (QED) is 0.692. The molecule has 1 heterocycles. The number of nitrogens with zero attached hydrogens (tertiary/aromatic N) is 3. The molecule has 0 bridgehead atoms. The van der Waals surface area contributed by atoms with Crippen LogP contribution in [0.5, 0.6) is 0 Å². The highest BCUT2D eigenvalue weighted by Crippen LogP contribution is 2.19. The van der Waals surface area contributed by atoms with E-state index < -0.39 is 4.92 Å². The zero-order valence-electron chi connectivity index (χ0n) is 13.0. The largest absolute Gasteiger partial charge is 0.348 e. The molecule has 0 aliphatic rings. The van der Waals surface area contributed by atoms with Gasteiger partial charge in [-0.25, -0.2) is 0 Å². The molecule has 0 atom stereocenters. The average Bonchev–Trinajstić information content (AvgIpc) is 2.69. The summed E-state index contributed by atoms with van der Waals surface area (Å²) in [6, 6.07) is 4.34. The van der Waals surface area contributed by atoms with Crippen LogP contribution in [-0.2, 0) is 13.6 Å². The lowest BCUT2D eigenvalue weighted by Crippen LogP contribution is -2.23. The highest BCUT2D eigenvalue weighted by Gasteiger charge is 2.15. The third-order valence-electron chi connectivity index (χ3n) is 3.74. The topological polar surface area (TPSA) is 90.1 Å². The summed E-state index contributed by atoms with van der Waals surface area (Å²) in [6.45, 7) is 5.83. The second-order valence-corrected chi connectivity index (χ2v) is 5.21. The Balaban J connectivity index is 2.13. The first-order valence-corrected chi connectivity index (χ1v) is 6.83. The zero-order chi connectivity index (χ0) is 16.4. The molecule has 0 spiro atoms. The minimum atomic E-state index is -0.459. The van der Waals surface area contributed by atoms with E-state index in [1.165, 1.54) is 18.2 Å². The summed E-state index contributed by atoms with van der Waals surface area (Å²) in [5.41, 5.74) is 3.73.